The predicted molar refractivity (Wildman–Crippen MR) is 80.5 cm³/mol. The van der Waals surface area contributed by atoms with Crippen LogP contribution in [0.3, 0.4) is 0 Å². The van der Waals surface area contributed by atoms with E-state index in [0.29, 0.717) is 11.3 Å². The van der Waals surface area contributed by atoms with Crippen LogP contribution in [0.15, 0.2) is 24.3 Å². The minimum absolute atomic E-state index is 0.355. The van der Waals surface area contributed by atoms with Gasteiger partial charge >= 0.3 is 0 Å². The monoisotopic (exact) mass is 284 g/mol. The molecule has 0 saturated heterocycles. The van der Waals surface area contributed by atoms with Crippen LogP contribution in [0.1, 0.15) is 44.6 Å². The maximum absolute atomic E-state index is 6.50. The third-order valence-electron chi connectivity index (χ3n) is 4.11. The second-order valence-corrected chi connectivity index (χ2v) is 6.57. The van der Waals surface area contributed by atoms with Gasteiger partial charge in [-0.05, 0) is 55.2 Å². The van der Waals surface area contributed by atoms with E-state index in [1.165, 1.54) is 37.7 Å². The standard InChI is InChI=1S/C16H22Cl2/c1-2-3-12-6-9-16(18)14(10-12)11-13-4-7-15(17)8-5-13/h4-5,7-8,12,14,16H,2-3,6,9-11H2,1H3. The van der Waals surface area contributed by atoms with Gasteiger partial charge in [-0.15, -0.1) is 11.6 Å². The topological polar surface area (TPSA) is 0 Å². The quantitative estimate of drug-likeness (QED) is 0.622. The summed E-state index contributed by atoms with van der Waals surface area (Å²) in [6.45, 7) is 2.28. The number of rotatable bonds is 4. The summed E-state index contributed by atoms with van der Waals surface area (Å²) in [4.78, 5) is 0. The Morgan fingerprint density at radius 1 is 1.17 bits per heavy atom. The minimum Gasteiger partial charge on any atom is -0.123 e. The van der Waals surface area contributed by atoms with Crippen LogP contribution in [0.4, 0.5) is 0 Å². The van der Waals surface area contributed by atoms with E-state index in [-0.39, 0.29) is 0 Å². The van der Waals surface area contributed by atoms with Crippen molar-refractivity contribution >= 4 is 23.2 Å². The molecule has 0 amide bonds. The highest BCUT2D eigenvalue weighted by Gasteiger charge is 2.28. The highest BCUT2D eigenvalue weighted by atomic mass is 35.5. The van der Waals surface area contributed by atoms with E-state index in [0.717, 1.165) is 17.4 Å². The molecule has 0 spiro atoms. The summed E-state index contributed by atoms with van der Waals surface area (Å²) in [6.07, 6.45) is 7.56. The first-order valence-electron chi connectivity index (χ1n) is 7.07. The van der Waals surface area contributed by atoms with Gasteiger partial charge in [-0.3, -0.25) is 0 Å². The van der Waals surface area contributed by atoms with E-state index >= 15 is 0 Å². The Hall–Kier alpha value is -0.200. The maximum atomic E-state index is 6.50. The van der Waals surface area contributed by atoms with Crippen LogP contribution in [-0.2, 0) is 6.42 Å². The zero-order chi connectivity index (χ0) is 13.0. The number of alkyl halides is 1. The van der Waals surface area contributed by atoms with Gasteiger partial charge in [0.1, 0.15) is 0 Å². The molecular formula is C16H22Cl2. The van der Waals surface area contributed by atoms with E-state index in [9.17, 15) is 0 Å². The highest BCUT2D eigenvalue weighted by Crippen LogP contribution is 2.36. The van der Waals surface area contributed by atoms with Crippen molar-refractivity contribution < 1.29 is 0 Å². The molecule has 1 aliphatic carbocycles. The van der Waals surface area contributed by atoms with Gasteiger partial charge in [0.2, 0.25) is 0 Å². The predicted octanol–water partition coefficient (Wildman–Crippen LogP) is 5.71. The molecule has 0 aliphatic heterocycles. The second kappa shape index (κ2) is 6.82. The fourth-order valence-corrected chi connectivity index (χ4v) is 3.57. The van der Waals surface area contributed by atoms with Crippen LogP contribution >= 0.6 is 23.2 Å². The first-order valence-corrected chi connectivity index (χ1v) is 7.89. The fraction of sp³-hybridized carbons (Fsp3) is 0.625. The van der Waals surface area contributed by atoms with Gasteiger partial charge in [0, 0.05) is 10.4 Å². The second-order valence-electron chi connectivity index (χ2n) is 5.57. The van der Waals surface area contributed by atoms with E-state index in [1.54, 1.807) is 0 Å². The number of hydrogen-bond acceptors (Lipinski definition) is 0. The average Bonchev–Trinajstić information content (AvgIpc) is 2.36. The number of halogens is 2. The van der Waals surface area contributed by atoms with Gasteiger partial charge in [0.05, 0.1) is 0 Å². The Kier molecular flexibility index (Phi) is 5.38. The van der Waals surface area contributed by atoms with Crippen molar-refractivity contribution in [3.8, 4) is 0 Å². The largest absolute Gasteiger partial charge is 0.123 e. The molecule has 1 aromatic carbocycles. The zero-order valence-corrected chi connectivity index (χ0v) is 12.6. The fourth-order valence-electron chi connectivity index (χ4n) is 3.13. The lowest BCUT2D eigenvalue weighted by Gasteiger charge is -2.33. The Morgan fingerprint density at radius 3 is 2.56 bits per heavy atom. The molecule has 0 radical (unpaired) electrons. The van der Waals surface area contributed by atoms with Crippen LogP contribution < -0.4 is 0 Å². The molecule has 2 rings (SSSR count). The molecule has 3 atom stereocenters. The van der Waals surface area contributed by atoms with Crippen molar-refractivity contribution in [2.45, 2.75) is 50.8 Å². The summed E-state index contributed by atoms with van der Waals surface area (Å²) in [5, 5.41) is 1.17. The molecule has 3 unspecified atom stereocenters. The Morgan fingerprint density at radius 2 is 1.89 bits per heavy atom. The van der Waals surface area contributed by atoms with Crippen LogP contribution in [0.25, 0.3) is 0 Å². The molecule has 0 heterocycles. The van der Waals surface area contributed by atoms with Crippen molar-refractivity contribution in [1.29, 1.82) is 0 Å². The molecule has 100 valence electrons. The average molecular weight is 285 g/mol. The molecule has 1 saturated carbocycles. The third kappa shape index (κ3) is 3.90. The summed E-state index contributed by atoms with van der Waals surface area (Å²) >= 11 is 12.4. The van der Waals surface area contributed by atoms with Crippen LogP contribution in [-0.4, -0.2) is 5.38 Å². The molecular weight excluding hydrogens is 263 g/mol. The zero-order valence-electron chi connectivity index (χ0n) is 11.0. The number of benzene rings is 1. The molecule has 1 aliphatic rings. The SMILES string of the molecule is CCCC1CCC(Cl)C(Cc2ccc(Cl)cc2)C1. The van der Waals surface area contributed by atoms with Crippen molar-refractivity contribution in [3.05, 3.63) is 34.9 Å². The molecule has 0 aromatic heterocycles. The summed E-state index contributed by atoms with van der Waals surface area (Å²) in [5.41, 5.74) is 1.37. The van der Waals surface area contributed by atoms with Gasteiger partial charge in [0.15, 0.2) is 0 Å². The third-order valence-corrected chi connectivity index (χ3v) is 4.93. The van der Waals surface area contributed by atoms with Crippen molar-refractivity contribution in [2.75, 3.05) is 0 Å². The smallest absolute Gasteiger partial charge is 0.0406 e. The molecule has 0 bridgehead atoms. The molecule has 2 heteroatoms. The van der Waals surface area contributed by atoms with Crippen molar-refractivity contribution in [3.63, 3.8) is 0 Å². The highest BCUT2D eigenvalue weighted by molar-refractivity contribution is 6.30. The van der Waals surface area contributed by atoms with E-state index in [4.69, 9.17) is 23.2 Å². The van der Waals surface area contributed by atoms with Gasteiger partial charge in [-0.1, -0.05) is 43.5 Å². The normalized spacial score (nSPS) is 28.3. The molecule has 1 aromatic rings. The molecule has 0 N–H and O–H groups in total. The summed E-state index contributed by atoms with van der Waals surface area (Å²) in [7, 11) is 0. The minimum atomic E-state index is 0.355. The summed E-state index contributed by atoms with van der Waals surface area (Å²) in [5.74, 6) is 1.53. The van der Waals surface area contributed by atoms with E-state index in [2.05, 4.69) is 19.1 Å². The first kappa shape index (κ1) is 14.2. The Bertz CT molecular complexity index is 358. The van der Waals surface area contributed by atoms with Crippen LogP contribution in [0.2, 0.25) is 5.02 Å². The first-order chi connectivity index (χ1) is 8.69. The lowest BCUT2D eigenvalue weighted by molar-refractivity contribution is 0.257. The molecule has 1 fully saturated rings. The molecule has 0 nitrogen and oxygen atoms in total. The van der Waals surface area contributed by atoms with Gasteiger partial charge < -0.3 is 0 Å². The maximum Gasteiger partial charge on any atom is 0.0406 e. The Labute approximate surface area is 121 Å². The van der Waals surface area contributed by atoms with Crippen molar-refractivity contribution in [1.82, 2.24) is 0 Å². The molecule has 18 heavy (non-hydrogen) atoms. The number of hydrogen-bond donors (Lipinski definition) is 0. The lowest BCUT2D eigenvalue weighted by atomic mass is 9.76. The van der Waals surface area contributed by atoms with E-state index < -0.39 is 0 Å². The van der Waals surface area contributed by atoms with E-state index in [1.807, 2.05) is 12.1 Å². The lowest BCUT2D eigenvalue weighted by Crippen LogP contribution is -2.27. The van der Waals surface area contributed by atoms with Gasteiger partial charge in [-0.25, -0.2) is 0 Å². The summed E-state index contributed by atoms with van der Waals surface area (Å²) in [6, 6.07) is 8.23. The van der Waals surface area contributed by atoms with Crippen molar-refractivity contribution in [2.24, 2.45) is 11.8 Å². The summed E-state index contributed by atoms with van der Waals surface area (Å²) < 4.78 is 0. The van der Waals surface area contributed by atoms with Gasteiger partial charge in [-0.2, -0.15) is 0 Å². The van der Waals surface area contributed by atoms with Crippen LogP contribution in [0.5, 0.6) is 0 Å². The van der Waals surface area contributed by atoms with Crippen LogP contribution in [0, 0.1) is 11.8 Å². The Balaban J connectivity index is 1.95. The van der Waals surface area contributed by atoms with Gasteiger partial charge in [0.25, 0.3) is 0 Å².